The van der Waals surface area contributed by atoms with Crippen LogP contribution in [0.2, 0.25) is 0 Å². The van der Waals surface area contributed by atoms with Gasteiger partial charge in [-0.2, -0.15) is 0 Å². The van der Waals surface area contributed by atoms with Crippen LogP contribution >= 0.6 is 0 Å². The maximum Gasteiger partial charge on any atom is 0.256 e. The molecule has 20 heavy (non-hydrogen) atoms. The van der Waals surface area contributed by atoms with Gasteiger partial charge in [-0.05, 0) is 42.3 Å². The molecule has 1 aromatic carbocycles. The number of phenolic OH excluding ortho intramolecular Hbond substituents is 1. The van der Waals surface area contributed by atoms with Crippen LogP contribution in [0.15, 0.2) is 42.5 Å². The first kappa shape index (κ1) is 13.6. The van der Waals surface area contributed by atoms with E-state index in [-0.39, 0.29) is 18.2 Å². The Labute approximate surface area is 116 Å². The molecule has 1 heterocycles. The average molecular weight is 267 g/mol. The highest BCUT2D eigenvalue weighted by atomic mass is 16.3. The molecule has 0 atom stereocenters. The zero-order valence-corrected chi connectivity index (χ0v) is 10.6. The zero-order valence-electron chi connectivity index (χ0n) is 10.6. The fraction of sp³-hybridized carbons (Fsp3) is 0.0667. The molecule has 1 amide bonds. The molecule has 0 spiro atoms. The molecule has 0 saturated heterocycles. The fourth-order valence-corrected chi connectivity index (χ4v) is 1.52. The zero-order chi connectivity index (χ0) is 14.4. The molecule has 0 saturated carbocycles. The number of pyridine rings is 1. The van der Waals surface area contributed by atoms with Gasteiger partial charge in [0.05, 0.1) is 6.54 Å². The fourth-order valence-electron chi connectivity index (χ4n) is 1.52. The van der Waals surface area contributed by atoms with Crippen molar-refractivity contribution in [1.82, 2.24) is 4.98 Å². The highest BCUT2D eigenvalue weighted by Crippen LogP contribution is 2.11. The summed E-state index contributed by atoms with van der Waals surface area (Å²) in [7, 11) is 0. The van der Waals surface area contributed by atoms with Crippen LogP contribution in [0, 0.1) is 11.8 Å². The maximum atomic E-state index is 12.0. The molecule has 4 N–H and O–H groups in total. The third-order valence-corrected chi connectivity index (χ3v) is 2.44. The number of amides is 1. The van der Waals surface area contributed by atoms with Crippen LogP contribution in [-0.4, -0.2) is 22.5 Å². The third kappa shape index (κ3) is 3.57. The van der Waals surface area contributed by atoms with Gasteiger partial charge >= 0.3 is 0 Å². The quantitative estimate of drug-likeness (QED) is 0.717. The molecule has 5 nitrogen and oxygen atoms in total. The average Bonchev–Trinajstić information content (AvgIpc) is 2.46. The molecule has 0 aliphatic rings. The lowest BCUT2D eigenvalue weighted by molar-refractivity contribution is 0.102. The van der Waals surface area contributed by atoms with Gasteiger partial charge in [-0.3, -0.25) is 4.79 Å². The number of carbonyl (C=O) groups excluding carboxylic acids is 1. The number of hydrogen-bond acceptors (Lipinski definition) is 4. The van der Waals surface area contributed by atoms with Crippen LogP contribution in [0.25, 0.3) is 0 Å². The van der Waals surface area contributed by atoms with Crippen molar-refractivity contribution in [2.24, 2.45) is 5.73 Å². The van der Waals surface area contributed by atoms with Crippen LogP contribution in [0.4, 0.5) is 5.82 Å². The molecule has 2 aromatic rings. The Bertz CT molecular complexity index is 670. The molecular weight excluding hydrogens is 254 g/mol. The van der Waals surface area contributed by atoms with Crippen LogP contribution < -0.4 is 11.1 Å². The summed E-state index contributed by atoms with van der Waals surface area (Å²) in [4.78, 5) is 16.1. The van der Waals surface area contributed by atoms with Crippen molar-refractivity contribution in [3.63, 3.8) is 0 Å². The summed E-state index contributed by atoms with van der Waals surface area (Å²) in [5.74, 6) is 5.71. The molecule has 0 bridgehead atoms. The van der Waals surface area contributed by atoms with Gasteiger partial charge in [-0.25, -0.2) is 4.98 Å². The molecule has 0 fully saturated rings. The number of carbonyl (C=O) groups is 1. The van der Waals surface area contributed by atoms with Crippen LogP contribution in [0.3, 0.4) is 0 Å². The highest BCUT2D eigenvalue weighted by molar-refractivity contribution is 6.03. The van der Waals surface area contributed by atoms with Crippen LogP contribution in [0.1, 0.15) is 16.1 Å². The van der Waals surface area contributed by atoms with Crippen molar-refractivity contribution in [3.05, 3.63) is 53.7 Å². The highest BCUT2D eigenvalue weighted by Gasteiger charge is 2.06. The van der Waals surface area contributed by atoms with Gasteiger partial charge in [0.25, 0.3) is 5.91 Å². The van der Waals surface area contributed by atoms with Crippen molar-refractivity contribution in [2.75, 3.05) is 11.9 Å². The number of rotatable bonds is 2. The lowest BCUT2D eigenvalue weighted by Crippen LogP contribution is -2.12. The second-order valence-electron chi connectivity index (χ2n) is 3.91. The van der Waals surface area contributed by atoms with Crippen LogP contribution in [0.5, 0.6) is 5.75 Å². The van der Waals surface area contributed by atoms with Crippen LogP contribution in [-0.2, 0) is 0 Å². The summed E-state index contributed by atoms with van der Waals surface area (Å²) >= 11 is 0. The van der Waals surface area contributed by atoms with E-state index in [1.807, 2.05) is 0 Å². The minimum Gasteiger partial charge on any atom is -0.508 e. The molecule has 100 valence electrons. The summed E-state index contributed by atoms with van der Waals surface area (Å²) in [5.41, 5.74) is 6.27. The Morgan fingerprint density at radius 3 is 2.70 bits per heavy atom. The Kier molecular flexibility index (Phi) is 4.32. The predicted molar refractivity (Wildman–Crippen MR) is 76.2 cm³/mol. The van der Waals surface area contributed by atoms with Crippen molar-refractivity contribution in [3.8, 4) is 17.6 Å². The van der Waals surface area contributed by atoms with Gasteiger partial charge < -0.3 is 16.2 Å². The number of aromatic hydroxyl groups is 1. The number of phenols is 1. The first-order valence-corrected chi connectivity index (χ1v) is 5.95. The van der Waals surface area contributed by atoms with E-state index < -0.39 is 0 Å². The summed E-state index contributed by atoms with van der Waals surface area (Å²) in [6.45, 7) is 0.256. The van der Waals surface area contributed by atoms with E-state index in [0.717, 1.165) is 0 Å². The summed E-state index contributed by atoms with van der Waals surface area (Å²) < 4.78 is 0. The molecule has 1 aromatic heterocycles. The monoisotopic (exact) mass is 267 g/mol. The summed E-state index contributed by atoms with van der Waals surface area (Å²) in [6.07, 6.45) is 0. The van der Waals surface area contributed by atoms with Gasteiger partial charge in [0.15, 0.2) is 0 Å². The first-order valence-electron chi connectivity index (χ1n) is 5.95. The topological polar surface area (TPSA) is 88.2 Å². The molecule has 0 unspecified atom stereocenters. The number of nitrogens with zero attached hydrogens (tertiary/aromatic N) is 1. The molecule has 2 rings (SSSR count). The van der Waals surface area contributed by atoms with Gasteiger partial charge in [-0.1, -0.05) is 12.0 Å². The smallest absolute Gasteiger partial charge is 0.256 e. The lowest BCUT2D eigenvalue weighted by Gasteiger charge is -2.04. The first-order chi connectivity index (χ1) is 9.69. The number of anilines is 1. The van der Waals surface area contributed by atoms with Crippen molar-refractivity contribution in [2.45, 2.75) is 0 Å². The van der Waals surface area contributed by atoms with E-state index in [1.165, 1.54) is 24.3 Å². The predicted octanol–water partition coefficient (Wildman–Crippen LogP) is 1.35. The number of aromatic nitrogens is 1. The molecule has 0 aliphatic carbocycles. The number of nitrogens with two attached hydrogens (primary N) is 1. The summed E-state index contributed by atoms with van der Waals surface area (Å²) in [5, 5.41) is 11.8. The minimum atomic E-state index is -0.304. The van der Waals surface area contributed by atoms with E-state index in [1.54, 1.807) is 18.2 Å². The second kappa shape index (κ2) is 6.36. The Hall–Kier alpha value is -2.84. The maximum absolute atomic E-state index is 12.0. The van der Waals surface area contributed by atoms with E-state index in [4.69, 9.17) is 5.73 Å². The van der Waals surface area contributed by atoms with E-state index >= 15 is 0 Å². The number of nitrogens with one attached hydrogen (secondary N) is 1. The molecule has 0 radical (unpaired) electrons. The lowest BCUT2D eigenvalue weighted by atomic mass is 10.2. The van der Waals surface area contributed by atoms with E-state index in [2.05, 4.69) is 22.1 Å². The Morgan fingerprint density at radius 1 is 1.25 bits per heavy atom. The molecule has 0 aliphatic heterocycles. The van der Waals surface area contributed by atoms with Crippen molar-refractivity contribution in [1.29, 1.82) is 0 Å². The van der Waals surface area contributed by atoms with Gasteiger partial charge in [-0.15, -0.1) is 0 Å². The van der Waals surface area contributed by atoms with Gasteiger partial charge in [0.2, 0.25) is 0 Å². The van der Waals surface area contributed by atoms with Gasteiger partial charge in [0.1, 0.15) is 17.3 Å². The SMILES string of the molecule is NCC#Cc1cccc(NC(=O)c2ccc(O)cc2)n1. The molecule has 5 heteroatoms. The summed E-state index contributed by atoms with van der Waals surface area (Å²) in [6, 6.07) is 11.1. The number of benzene rings is 1. The normalized spacial score (nSPS) is 9.45. The third-order valence-electron chi connectivity index (χ3n) is 2.44. The minimum absolute atomic E-state index is 0.110. The Balaban J connectivity index is 2.13. The van der Waals surface area contributed by atoms with E-state index in [0.29, 0.717) is 17.1 Å². The van der Waals surface area contributed by atoms with Crippen molar-refractivity contribution < 1.29 is 9.90 Å². The Morgan fingerprint density at radius 2 is 2.00 bits per heavy atom. The largest absolute Gasteiger partial charge is 0.508 e. The van der Waals surface area contributed by atoms with Crippen molar-refractivity contribution >= 4 is 11.7 Å². The second-order valence-corrected chi connectivity index (χ2v) is 3.91. The standard InChI is InChI=1S/C15H13N3O2/c16-10-2-4-12-3-1-5-14(17-12)18-15(20)11-6-8-13(19)9-7-11/h1,3,5-9,19H,10,16H2,(H,17,18,20). The van der Waals surface area contributed by atoms with E-state index in [9.17, 15) is 9.90 Å². The molecular formula is C15H13N3O2. The number of hydrogen-bond donors (Lipinski definition) is 3. The van der Waals surface area contributed by atoms with Gasteiger partial charge in [0, 0.05) is 5.56 Å².